The van der Waals surface area contributed by atoms with E-state index < -0.39 is 0 Å². The summed E-state index contributed by atoms with van der Waals surface area (Å²) >= 11 is 0. The molecule has 1 aliphatic carbocycles. The smallest absolute Gasteiger partial charge is 0.0205 e. The molecule has 2 heteroatoms. The van der Waals surface area contributed by atoms with Crippen molar-refractivity contribution in [3.8, 4) is 0 Å². The summed E-state index contributed by atoms with van der Waals surface area (Å²) in [7, 11) is 0. The lowest BCUT2D eigenvalue weighted by atomic mass is 9.69. The van der Waals surface area contributed by atoms with Gasteiger partial charge in [0, 0.05) is 13.1 Å². The predicted octanol–water partition coefficient (Wildman–Crippen LogP) is 3.06. The molecule has 3 rings (SSSR count). The molecule has 0 aromatic heterocycles. The highest BCUT2D eigenvalue weighted by atomic mass is 14.9. The lowest BCUT2D eigenvalue weighted by Gasteiger charge is -2.41. The minimum absolute atomic E-state index is 0.386. The number of hydrogen-bond acceptors (Lipinski definition) is 2. The molecule has 0 amide bonds. The van der Waals surface area contributed by atoms with Crippen LogP contribution in [-0.2, 0) is 6.54 Å². The van der Waals surface area contributed by atoms with Crippen LogP contribution in [0.25, 0.3) is 10.8 Å². The number of rotatable bonds is 5. The van der Waals surface area contributed by atoms with Gasteiger partial charge in [-0.15, -0.1) is 0 Å². The van der Waals surface area contributed by atoms with Gasteiger partial charge in [-0.25, -0.2) is 0 Å². The monoisotopic (exact) mass is 254 g/mol. The largest absolute Gasteiger partial charge is 0.330 e. The van der Waals surface area contributed by atoms with Crippen molar-refractivity contribution in [1.82, 2.24) is 5.32 Å². The summed E-state index contributed by atoms with van der Waals surface area (Å²) in [5.41, 5.74) is 7.62. The molecule has 2 aromatic carbocycles. The number of benzene rings is 2. The van der Waals surface area contributed by atoms with Crippen molar-refractivity contribution in [3.05, 3.63) is 48.0 Å². The Kier molecular flexibility index (Phi) is 3.54. The molecule has 1 saturated carbocycles. The highest BCUT2D eigenvalue weighted by Crippen LogP contribution is 2.39. The zero-order valence-electron chi connectivity index (χ0n) is 11.4. The molecule has 1 fully saturated rings. The molecule has 0 heterocycles. The van der Waals surface area contributed by atoms with E-state index in [2.05, 4.69) is 47.8 Å². The van der Waals surface area contributed by atoms with E-state index in [0.29, 0.717) is 5.41 Å². The molecule has 0 spiro atoms. The third kappa shape index (κ3) is 2.65. The molecule has 0 saturated heterocycles. The van der Waals surface area contributed by atoms with Crippen LogP contribution >= 0.6 is 0 Å². The van der Waals surface area contributed by atoms with E-state index in [4.69, 9.17) is 5.73 Å². The SMILES string of the molecule is NCC1(CNCc2ccc3ccccc3c2)CCC1. The molecule has 19 heavy (non-hydrogen) atoms. The van der Waals surface area contributed by atoms with Gasteiger partial charge in [-0.1, -0.05) is 42.8 Å². The van der Waals surface area contributed by atoms with E-state index in [1.165, 1.54) is 35.6 Å². The molecule has 0 atom stereocenters. The average Bonchev–Trinajstić information content (AvgIpc) is 2.42. The van der Waals surface area contributed by atoms with E-state index in [0.717, 1.165) is 19.6 Å². The van der Waals surface area contributed by atoms with Crippen molar-refractivity contribution in [2.45, 2.75) is 25.8 Å². The van der Waals surface area contributed by atoms with E-state index in [9.17, 15) is 0 Å². The van der Waals surface area contributed by atoms with Crippen LogP contribution in [0.2, 0.25) is 0 Å². The Labute approximate surface area is 115 Å². The third-order valence-corrected chi connectivity index (χ3v) is 4.49. The fraction of sp³-hybridized carbons (Fsp3) is 0.412. The van der Waals surface area contributed by atoms with Crippen molar-refractivity contribution in [2.75, 3.05) is 13.1 Å². The zero-order chi connectivity index (χ0) is 13.1. The van der Waals surface area contributed by atoms with Crippen LogP contribution < -0.4 is 11.1 Å². The summed E-state index contributed by atoms with van der Waals surface area (Å²) < 4.78 is 0. The first-order valence-corrected chi connectivity index (χ1v) is 7.20. The predicted molar refractivity (Wildman–Crippen MR) is 81.0 cm³/mol. The number of fused-ring (bicyclic) bond motifs is 1. The Morgan fingerprint density at radius 1 is 1.05 bits per heavy atom. The van der Waals surface area contributed by atoms with Crippen molar-refractivity contribution in [3.63, 3.8) is 0 Å². The van der Waals surface area contributed by atoms with E-state index in [1.807, 2.05) is 0 Å². The minimum Gasteiger partial charge on any atom is -0.330 e. The van der Waals surface area contributed by atoms with Crippen molar-refractivity contribution >= 4 is 10.8 Å². The van der Waals surface area contributed by atoms with Crippen LogP contribution in [0.3, 0.4) is 0 Å². The molecular formula is C17H22N2. The van der Waals surface area contributed by atoms with Gasteiger partial charge < -0.3 is 11.1 Å². The summed E-state index contributed by atoms with van der Waals surface area (Å²) in [6.07, 6.45) is 3.91. The van der Waals surface area contributed by atoms with Gasteiger partial charge in [0.1, 0.15) is 0 Å². The normalized spacial score (nSPS) is 17.3. The molecule has 0 radical (unpaired) electrons. The summed E-state index contributed by atoms with van der Waals surface area (Å²) in [4.78, 5) is 0. The maximum atomic E-state index is 5.88. The van der Waals surface area contributed by atoms with Gasteiger partial charge in [-0.2, -0.15) is 0 Å². The first-order valence-electron chi connectivity index (χ1n) is 7.20. The summed E-state index contributed by atoms with van der Waals surface area (Å²) in [5.74, 6) is 0. The van der Waals surface area contributed by atoms with Gasteiger partial charge in [0.05, 0.1) is 0 Å². The number of nitrogens with one attached hydrogen (secondary N) is 1. The average molecular weight is 254 g/mol. The second kappa shape index (κ2) is 5.32. The van der Waals surface area contributed by atoms with E-state index in [1.54, 1.807) is 0 Å². The molecular weight excluding hydrogens is 232 g/mol. The van der Waals surface area contributed by atoms with Crippen LogP contribution in [0.4, 0.5) is 0 Å². The molecule has 3 N–H and O–H groups in total. The highest BCUT2D eigenvalue weighted by molar-refractivity contribution is 5.82. The highest BCUT2D eigenvalue weighted by Gasteiger charge is 2.34. The topological polar surface area (TPSA) is 38.0 Å². The van der Waals surface area contributed by atoms with Crippen LogP contribution in [0.5, 0.6) is 0 Å². The van der Waals surface area contributed by atoms with Gasteiger partial charge in [0.2, 0.25) is 0 Å². The maximum absolute atomic E-state index is 5.88. The second-order valence-corrected chi connectivity index (χ2v) is 5.84. The van der Waals surface area contributed by atoms with E-state index >= 15 is 0 Å². The Hall–Kier alpha value is -1.38. The van der Waals surface area contributed by atoms with E-state index in [-0.39, 0.29) is 0 Å². The third-order valence-electron chi connectivity index (χ3n) is 4.49. The van der Waals surface area contributed by atoms with Crippen LogP contribution in [0.15, 0.2) is 42.5 Å². The molecule has 2 nitrogen and oxygen atoms in total. The molecule has 0 unspecified atom stereocenters. The fourth-order valence-electron chi connectivity index (χ4n) is 2.95. The van der Waals surface area contributed by atoms with Crippen LogP contribution in [0, 0.1) is 5.41 Å². The molecule has 1 aliphatic rings. The van der Waals surface area contributed by atoms with Gasteiger partial charge in [-0.05, 0) is 47.2 Å². The molecule has 2 aromatic rings. The maximum Gasteiger partial charge on any atom is 0.0205 e. The first-order chi connectivity index (χ1) is 9.31. The van der Waals surface area contributed by atoms with Gasteiger partial charge in [0.25, 0.3) is 0 Å². The van der Waals surface area contributed by atoms with Gasteiger partial charge in [0.15, 0.2) is 0 Å². The van der Waals surface area contributed by atoms with Crippen LogP contribution in [0.1, 0.15) is 24.8 Å². The Morgan fingerprint density at radius 3 is 2.53 bits per heavy atom. The lowest BCUT2D eigenvalue weighted by molar-refractivity contribution is 0.141. The Bertz CT molecular complexity index is 552. The van der Waals surface area contributed by atoms with Gasteiger partial charge >= 0.3 is 0 Å². The molecule has 0 bridgehead atoms. The van der Waals surface area contributed by atoms with Crippen molar-refractivity contribution in [2.24, 2.45) is 11.1 Å². The zero-order valence-corrected chi connectivity index (χ0v) is 11.4. The number of nitrogens with two attached hydrogens (primary N) is 1. The van der Waals surface area contributed by atoms with Crippen molar-refractivity contribution in [1.29, 1.82) is 0 Å². The minimum atomic E-state index is 0.386. The molecule has 0 aliphatic heterocycles. The van der Waals surface area contributed by atoms with Crippen molar-refractivity contribution < 1.29 is 0 Å². The summed E-state index contributed by atoms with van der Waals surface area (Å²) in [5, 5.41) is 6.21. The fourth-order valence-corrected chi connectivity index (χ4v) is 2.95. The van der Waals surface area contributed by atoms with Crippen LogP contribution in [-0.4, -0.2) is 13.1 Å². The first kappa shape index (κ1) is 12.6. The summed E-state index contributed by atoms with van der Waals surface area (Å²) in [6.45, 7) is 2.81. The summed E-state index contributed by atoms with van der Waals surface area (Å²) in [6, 6.07) is 15.2. The standard InChI is InChI=1S/C17H22N2/c18-12-17(8-3-9-17)13-19-11-14-6-7-15-4-1-2-5-16(15)10-14/h1-2,4-7,10,19H,3,8-9,11-13,18H2. The van der Waals surface area contributed by atoms with Gasteiger partial charge in [-0.3, -0.25) is 0 Å². The molecule has 100 valence electrons. The number of hydrogen-bond donors (Lipinski definition) is 2. The Balaban J connectivity index is 1.62. The lowest BCUT2D eigenvalue weighted by Crippen LogP contribution is -2.45. The Morgan fingerprint density at radius 2 is 1.84 bits per heavy atom. The second-order valence-electron chi connectivity index (χ2n) is 5.84. The quantitative estimate of drug-likeness (QED) is 0.860.